The van der Waals surface area contributed by atoms with Crippen LogP contribution in [0.4, 0.5) is 5.82 Å². The number of carbonyl (C=O) groups is 1. The Balaban J connectivity index is 2.26. The average molecular weight is 248 g/mol. The molecule has 1 aliphatic heterocycles. The van der Waals surface area contributed by atoms with E-state index in [9.17, 15) is 4.79 Å². The number of hydrogen-bond donors (Lipinski definition) is 1. The molecule has 18 heavy (non-hydrogen) atoms. The van der Waals surface area contributed by atoms with Crippen molar-refractivity contribution in [3.63, 3.8) is 0 Å². The fourth-order valence-electron chi connectivity index (χ4n) is 2.61. The summed E-state index contributed by atoms with van der Waals surface area (Å²) in [5, 5.41) is 9.04. The summed E-state index contributed by atoms with van der Waals surface area (Å²) >= 11 is 0. The van der Waals surface area contributed by atoms with E-state index < -0.39 is 5.97 Å². The van der Waals surface area contributed by atoms with E-state index in [1.807, 2.05) is 0 Å². The molecule has 1 unspecified atom stereocenters. The molecule has 0 bridgehead atoms. The van der Waals surface area contributed by atoms with Crippen LogP contribution < -0.4 is 4.90 Å². The molecule has 1 atom stereocenters. The highest BCUT2D eigenvalue weighted by Crippen LogP contribution is 2.24. The first-order chi connectivity index (χ1) is 8.72. The van der Waals surface area contributed by atoms with Gasteiger partial charge in [0.2, 0.25) is 0 Å². The molecular weight excluding hydrogens is 228 g/mol. The topological polar surface area (TPSA) is 53.4 Å². The minimum absolute atomic E-state index is 0.319. The van der Waals surface area contributed by atoms with Crippen LogP contribution in [0, 0.1) is 0 Å². The Labute approximate surface area is 108 Å². The fraction of sp³-hybridized carbons (Fsp3) is 0.571. The molecule has 1 aromatic rings. The molecule has 0 amide bonds. The Morgan fingerprint density at radius 2 is 2.33 bits per heavy atom. The van der Waals surface area contributed by atoms with Crippen molar-refractivity contribution in [1.29, 1.82) is 0 Å². The van der Waals surface area contributed by atoms with Crippen LogP contribution in [0.2, 0.25) is 0 Å². The molecule has 0 aliphatic carbocycles. The van der Waals surface area contributed by atoms with E-state index in [4.69, 9.17) is 5.11 Å². The number of carboxylic acid groups (broad SMARTS) is 1. The lowest BCUT2D eigenvalue weighted by molar-refractivity contribution is 0.0697. The summed E-state index contributed by atoms with van der Waals surface area (Å²) in [5.74, 6) is -0.0785. The summed E-state index contributed by atoms with van der Waals surface area (Å²) in [6.45, 7) is 3.17. The van der Waals surface area contributed by atoms with E-state index in [1.54, 1.807) is 18.3 Å². The first-order valence-corrected chi connectivity index (χ1v) is 6.68. The number of anilines is 1. The van der Waals surface area contributed by atoms with Crippen molar-refractivity contribution >= 4 is 11.8 Å². The number of aromatic carboxylic acids is 1. The number of pyridine rings is 1. The second-order valence-electron chi connectivity index (χ2n) is 4.81. The third-order valence-corrected chi connectivity index (χ3v) is 3.64. The standard InChI is InChI=1S/C14H20N2O2/c1-2-12-6-4-3-5-9-16(12)13-10-11(14(17)18)7-8-15-13/h7-8,10,12H,2-6,9H2,1H3,(H,17,18). The second-order valence-corrected chi connectivity index (χ2v) is 4.81. The molecule has 0 saturated carbocycles. The SMILES string of the molecule is CCC1CCCCCN1c1cc(C(=O)O)ccn1. The Bertz CT molecular complexity index is 420. The van der Waals surface area contributed by atoms with Gasteiger partial charge < -0.3 is 10.0 Å². The molecule has 1 saturated heterocycles. The Morgan fingerprint density at radius 3 is 3.06 bits per heavy atom. The Kier molecular flexibility index (Phi) is 4.18. The average Bonchev–Trinajstić information content (AvgIpc) is 2.63. The highest BCUT2D eigenvalue weighted by molar-refractivity contribution is 5.88. The van der Waals surface area contributed by atoms with Crippen molar-refractivity contribution in [1.82, 2.24) is 4.98 Å². The molecule has 2 rings (SSSR count). The van der Waals surface area contributed by atoms with Crippen molar-refractivity contribution in [2.75, 3.05) is 11.4 Å². The maximum atomic E-state index is 11.0. The van der Waals surface area contributed by atoms with Gasteiger partial charge in [-0.15, -0.1) is 0 Å². The quantitative estimate of drug-likeness (QED) is 0.893. The fourth-order valence-corrected chi connectivity index (χ4v) is 2.61. The van der Waals surface area contributed by atoms with Gasteiger partial charge >= 0.3 is 5.97 Å². The number of nitrogens with zero attached hydrogens (tertiary/aromatic N) is 2. The van der Waals surface area contributed by atoms with Gasteiger partial charge in [-0.3, -0.25) is 0 Å². The predicted octanol–water partition coefficient (Wildman–Crippen LogP) is 2.94. The van der Waals surface area contributed by atoms with Crippen LogP contribution in [-0.4, -0.2) is 28.6 Å². The van der Waals surface area contributed by atoms with E-state index in [-0.39, 0.29) is 0 Å². The Morgan fingerprint density at radius 1 is 1.50 bits per heavy atom. The van der Waals surface area contributed by atoms with Crippen LogP contribution in [0.3, 0.4) is 0 Å². The van der Waals surface area contributed by atoms with Gasteiger partial charge in [0.1, 0.15) is 5.82 Å². The zero-order chi connectivity index (χ0) is 13.0. The van der Waals surface area contributed by atoms with Crippen molar-refractivity contribution in [3.05, 3.63) is 23.9 Å². The number of aromatic nitrogens is 1. The monoisotopic (exact) mass is 248 g/mol. The zero-order valence-electron chi connectivity index (χ0n) is 10.8. The van der Waals surface area contributed by atoms with Crippen LogP contribution in [0.5, 0.6) is 0 Å². The minimum atomic E-state index is -0.887. The molecule has 1 aliphatic rings. The normalized spacial score (nSPS) is 20.5. The van der Waals surface area contributed by atoms with Gasteiger partial charge in [-0.2, -0.15) is 0 Å². The van der Waals surface area contributed by atoms with Crippen LogP contribution in [0.25, 0.3) is 0 Å². The lowest BCUT2D eigenvalue weighted by Gasteiger charge is -2.30. The van der Waals surface area contributed by atoms with E-state index in [2.05, 4.69) is 16.8 Å². The summed E-state index contributed by atoms with van der Waals surface area (Å²) in [4.78, 5) is 17.6. The highest BCUT2D eigenvalue weighted by atomic mass is 16.4. The smallest absolute Gasteiger partial charge is 0.335 e. The van der Waals surface area contributed by atoms with Gasteiger partial charge in [-0.25, -0.2) is 9.78 Å². The minimum Gasteiger partial charge on any atom is -0.478 e. The van der Waals surface area contributed by atoms with Gasteiger partial charge in [0.15, 0.2) is 0 Å². The summed E-state index contributed by atoms with van der Waals surface area (Å²) in [7, 11) is 0. The van der Waals surface area contributed by atoms with Gasteiger partial charge in [0.05, 0.1) is 5.56 Å². The van der Waals surface area contributed by atoms with Crippen molar-refractivity contribution in [2.24, 2.45) is 0 Å². The van der Waals surface area contributed by atoms with Crippen molar-refractivity contribution < 1.29 is 9.90 Å². The molecule has 1 aromatic heterocycles. The first kappa shape index (κ1) is 12.9. The third-order valence-electron chi connectivity index (χ3n) is 3.64. The molecule has 0 spiro atoms. The lowest BCUT2D eigenvalue weighted by atomic mass is 10.1. The molecule has 4 nitrogen and oxygen atoms in total. The maximum Gasteiger partial charge on any atom is 0.335 e. The molecule has 0 aromatic carbocycles. The largest absolute Gasteiger partial charge is 0.478 e. The van der Waals surface area contributed by atoms with Crippen LogP contribution in [0.1, 0.15) is 49.4 Å². The predicted molar refractivity (Wildman–Crippen MR) is 71.1 cm³/mol. The molecule has 2 heterocycles. The molecule has 1 fully saturated rings. The van der Waals surface area contributed by atoms with Crippen molar-refractivity contribution in [2.45, 2.75) is 45.1 Å². The van der Waals surface area contributed by atoms with Gasteiger partial charge in [-0.1, -0.05) is 19.8 Å². The van der Waals surface area contributed by atoms with Crippen molar-refractivity contribution in [3.8, 4) is 0 Å². The third kappa shape index (κ3) is 2.81. The number of hydrogen-bond acceptors (Lipinski definition) is 3. The molecule has 98 valence electrons. The maximum absolute atomic E-state index is 11.0. The van der Waals surface area contributed by atoms with E-state index in [0.717, 1.165) is 25.2 Å². The first-order valence-electron chi connectivity index (χ1n) is 6.68. The summed E-state index contributed by atoms with van der Waals surface area (Å²) in [6.07, 6.45) is 7.53. The summed E-state index contributed by atoms with van der Waals surface area (Å²) in [5.41, 5.74) is 0.319. The van der Waals surface area contributed by atoms with E-state index >= 15 is 0 Å². The Hall–Kier alpha value is -1.58. The summed E-state index contributed by atoms with van der Waals surface area (Å²) in [6, 6.07) is 3.73. The van der Waals surface area contributed by atoms with Gasteiger partial charge in [-0.05, 0) is 31.4 Å². The number of carboxylic acids is 1. The zero-order valence-corrected chi connectivity index (χ0v) is 10.8. The van der Waals surface area contributed by atoms with Gasteiger partial charge in [0, 0.05) is 18.8 Å². The van der Waals surface area contributed by atoms with Crippen LogP contribution in [0.15, 0.2) is 18.3 Å². The van der Waals surface area contributed by atoms with Gasteiger partial charge in [0.25, 0.3) is 0 Å². The highest BCUT2D eigenvalue weighted by Gasteiger charge is 2.21. The molecular formula is C14H20N2O2. The van der Waals surface area contributed by atoms with E-state index in [1.165, 1.54) is 19.3 Å². The molecule has 4 heteroatoms. The molecule has 0 radical (unpaired) electrons. The number of rotatable bonds is 3. The second kappa shape index (κ2) is 5.85. The van der Waals surface area contributed by atoms with E-state index in [0.29, 0.717) is 11.6 Å². The van der Waals surface area contributed by atoms with Crippen LogP contribution >= 0.6 is 0 Å². The van der Waals surface area contributed by atoms with Crippen LogP contribution in [-0.2, 0) is 0 Å². The molecule has 1 N–H and O–H groups in total. The lowest BCUT2D eigenvalue weighted by Crippen LogP contribution is -2.35. The summed E-state index contributed by atoms with van der Waals surface area (Å²) < 4.78 is 0.